The number of halogens is 3. The highest BCUT2D eigenvalue weighted by molar-refractivity contribution is 6.43. The van der Waals surface area contributed by atoms with Gasteiger partial charge in [0.15, 0.2) is 6.61 Å². The number of rotatable bonds is 5. The van der Waals surface area contributed by atoms with Gasteiger partial charge in [0.2, 0.25) is 0 Å². The molecular formula is C19H13Cl3O4. The third-order valence-electron chi connectivity index (χ3n) is 3.57. The molecule has 3 rings (SSSR count). The van der Waals surface area contributed by atoms with Gasteiger partial charge in [0.05, 0.1) is 22.2 Å². The largest absolute Gasteiger partial charge is 0.497 e. The molecule has 0 aromatic heterocycles. The maximum Gasteiger partial charge on any atom is 0.349 e. The molecule has 7 heteroatoms. The Morgan fingerprint density at radius 2 is 1.50 bits per heavy atom. The zero-order chi connectivity index (χ0) is 18.7. The van der Waals surface area contributed by atoms with Crippen molar-refractivity contribution in [2.45, 2.75) is 0 Å². The standard InChI is InChI=1S/C19H13Cl3O4/c1-24-13-4-2-11-3-5-14(7-12(11)6-13)26-19(23)10-25-18-9-16(21)15(20)8-17(18)22/h2-9H,10H2,1H3. The molecular weight excluding hydrogens is 399 g/mol. The zero-order valence-electron chi connectivity index (χ0n) is 13.6. The molecule has 3 aromatic carbocycles. The van der Waals surface area contributed by atoms with E-state index in [0.717, 1.165) is 16.5 Å². The minimum absolute atomic E-state index is 0.251. The molecule has 134 valence electrons. The van der Waals surface area contributed by atoms with E-state index in [1.165, 1.54) is 12.1 Å². The Hall–Kier alpha value is -2.14. The van der Waals surface area contributed by atoms with E-state index in [1.807, 2.05) is 24.3 Å². The molecule has 0 fully saturated rings. The van der Waals surface area contributed by atoms with E-state index in [1.54, 1.807) is 19.2 Å². The molecule has 26 heavy (non-hydrogen) atoms. The van der Waals surface area contributed by atoms with Crippen LogP contribution >= 0.6 is 34.8 Å². The Kier molecular flexibility index (Phi) is 5.77. The average Bonchev–Trinajstić information content (AvgIpc) is 2.63. The fourth-order valence-corrected chi connectivity index (χ4v) is 2.90. The van der Waals surface area contributed by atoms with E-state index in [0.29, 0.717) is 10.8 Å². The van der Waals surface area contributed by atoms with Crippen LogP contribution in [0, 0.1) is 0 Å². The van der Waals surface area contributed by atoms with Crippen molar-refractivity contribution in [3.8, 4) is 17.2 Å². The molecule has 0 unspecified atom stereocenters. The van der Waals surface area contributed by atoms with Crippen LogP contribution in [0.2, 0.25) is 15.1 Å². The van der Waals surface area contributed by atoms with Crippen LogP contribution in [0.15, 0.2) is 48.5 Å². The Morgan fingerprint density at radius 3 is 2.23 bits per heavy atom. The van der Waals surface area contributed by atoms with Gasteiger partial charge in [-0.2, -0.15) is 0 Å². The minimum Gasteiger partial charge on any atom is -0.497 e. The van der Waals surface area contributed by atoms with Gasteiger partial charge in [-0.05, 0) is 41.1 Å². The van der Waals surface area contributed by atoms with Crippen molar-refractivity contribution in [2.75, 3.05) is 13.7 Å². The van der Waals surface area contributed by atoms with Crippen molar-refractivity contribution in [3.05, 3.63) is 63.6 Å². The van der Waals surface area contributed by atoms with Crippen molar-refractivity contribution in [1.82, 2.24) is 0 Å². The fourth-order valence-electron chi connectivity index (χ4n) is 2.31. The second-order valence-corrected chi connectivity index (χ2v) is 6.56. The lowest BCUT2D eigenvalue weighted by atomic mass is 10.1. The molecule has 0 amide bonds. The fraction of sp³-hybridized carbons (Fsp3) is 0.105. The summed E-state index contributed by atoms with van der Waals surface area (Å²) >= 11 is 17.8. The number of benzene rings is 3. The summed E-state index contributed by atoms with van der Waals surface area (Å²) in [6, 6.07) is 13.9. The average molecular weight is 412 g/mol. The molecule has 0 aliphatic heterocycles. The first-order valence-corrected chi connectivity index (χ1v) is 8.65. The number of esters is 1. The third-order valence-corrected chi connectivity index (χ3v) is 4.59. The van der Waals surface area contributed by atoms with Gasteiger partial charge >= 0.3 is 5.97 Å². The number of methoxy groups -OCH3 is 1. The van der Waals surface area contributed by atoms with Crippen LogP contribution in [-0.2, 0) is 4.79 Å². The monoisotopic (exact) mass is 410 g/mol. The zero-order valence-corrected chi connectivity index (χ0v) is 15.9. The molecule has 4 nitrogen and oxygen atoms in total. The highest BCUT2D eigenvalue weighted by Gasteiger charge is 2.11. The smallest absolute Gasteiger partial charge is 0.349 e. The maximum absolute atomic E-state index is 12.0. The molecule has 3 aromatic rings. The lowest BCUT2D eigenvalue weighted by molar-refractivity contribution is -0.136. The molecule has 0 bridgehead atoms. The van der Waals surface area contributed by atoms with E-state index in [9.17, 15) is 4.79 Å². The molecule has 0 saturated heterocycles. The lowest BCUT2D eigenvalue weighted by Crippen LogP contribution is -2.17. The van der Waals surface area contributed by atoms with Gasteiger partial charge in [-0.3, -0.25) is 0 Å². The number of carbonyl (C=O) groups is 1. The van der Waals surface area contributed by atoms with Crippen molar-refractivity contribution in [3.63, 3.8) is 0 Å². The molecule has 0 atom stereocenters. The first-order chi connectivity index (χ1) is 12.5. The Labute approximate surface area is 165 Å². The lowest BCUT2D eigenvalue weighted by Gasteiger charge is -2.10. The number of ether oxygens (including phenoxy) is 3. The minimum atomic E-state index is -0.575. The summed E-state index contributed by atoms with van der Waals surface area (Å²) in [5.41, 5.74) is 0. The van der Waals surface area contributed by atoms with Crippen LogP contribution in [0.1, 0.15) is 0 Å². The summed E-state index contributed by atoms with van der Waals surface area (Å²) < 4.78 is 15.9. The Bertz CT molecular complexity index is 972. The number of hydrogen-bond donors (Lipinski definition) is 0. The van der Waals surface area contributed by atoms with Crippen LogP contribution in [0.4, 0.5) is 0 Å². The second-order valence-electron chi connectivity index (χ2n) is 5.33. The SMILES string of the molecule is COc1ccc2ccc(OC(=O)COc3cc(Cl)c(Cl)cc3Cl)cc2c1. The molecule has 0 aliphatic rings. The predicted molar refractivity (Wildman–Crippen MR) is 103 cm³/mol. The first-order valence-electron chi connectivity index (χ1n) is 7.52. The Morgan fingerprint density at radius 1 is 0.846 bits per heavy atom. The highest BCUT2D eigenvalue weighted by Crippen LogP contribution is 2.33. The van der Waals surface area contributed by atoms with E-state index in [-0.39, 0.29) is 22.4 Å². The third kappa shape index (κ3) is 4.33. The molecule has 0 aliphatic carbocycles. The normalized spacial score (nSPS) is 10.6. The van der Waals surface area contributed by atoms with E-state index >= 15 is 0 Å². The summed E-state index contributed by atoms with van der Waals surface area (Å²) in [6.07, 6.45) is 0. The van der Waals surface area contributed by atoms with Gasteiger partial charge in [-0.1, -0.05) is 46.9 Å². The topological polar surface area (TPSA) is 44.8 Å². The summed E-state index contributed by atoms with van der Waals surface area (Å²) in [6.45, 7) is -0.326. The van der Waals surface area contributed by atoms with Crippen molar-refractivity contribution in [2.24, 2.45) is 0 Å². The van der Waals surface area contributed by atoms with Crippen LogP contribution in [-0.4, -0.2) is 19.7 Å². The number of hydrogen-bond acceptors (Lipinski definition) is 4. The molecule has 0 N–H and O–H groups in total. The molecule has 0 heterocycles. The second kappa shape index (κ2) is 8.04. The summed E-state index contributed by atoms with van der Waals surface area (Å²) in [5, 5.41) is 2.73. The van der Waals surface area contributed by atoms with Gasteiger partial charge < -0.3 is 14.2 Å². The van der Waals surface area contributed by atoms with E-state index < -0.39 is 5.97 Å². The van der Waals surface area contributed by atoms with Gasteiger partial charge in [0, 0.05) is 6.07 Å². The van der Waals surface area contributed by atoms with Crippen molar-refractivity contribution in [1.29, 1.82) is 0 Å². The Balaban J connectivity index is 1.68. The van der Waals surface area contributed by atoms with Crippen LogP contribution in [0.3, 0.4) is 0 Å². The number of fused-ring (bicyclic) bond motifs is 1. The first kappa shape index (κ1) is 18.6. The molecule has 0 radical (unpaired) electrons. The van der Waals surface area contributed by atoms with E-state index in [2.05, 4.69) is 0 Å². The van der Waals surface area contributed by atoms with Gasteiger partial charge in [0.1, 0.15) is 17.2 Å². The quantitative estimate of drug-likeness (QED) is 0.303. The van der Waals surface area contributed by atoms with Crippen molar-refractivity contribution < 1.29 is 19.0 Å². The molecule has 0 saturated carbocycles. The summed E-state index contributed by atoms with van der Waals surface area (Å²) in [5.74, 6) is 0.800. The van der Waals surface area contributed by atoms with Gasteiger partial charge in [-0.15, -0.1) is 0 Å². The highest BCUT2D eigenvalue weighted by atomic mass is 35.5. The summed E-state index contributed by atoms with van der Waals surface area (Å²) in [7, 11) is 1.59. The van der Waals surface area contributed by atoms with Gasteiger partial charge in [0.25, 0.3) is 0 Å². The van der Waals surface area contributed by atoms with Crippen LogP contribution in [0.5, 0.6) is 17.2 Å². The van der Waals surface area contributed by atoms with Crippen LogP contribution < -0.4 is 14.2 Å². The predicted octanol–water partition coefficient (Wildman–Crippen LogP) is 5.79. The van der Waals surface area contributed by atoms with E-state index in [4.69, 9.17) is 49.0 Å². The van der Waals surface area contributed by atoms with Gasteiger partial charge in [-0.25, -0.2) is 4.79 Å². The summed E-state index contributed by atoms with van der Waals surface area (Å²) in [4.78, 5) is 12.0. The van der Waals surface area contributed by atoms with Crippen molar-refractivity contribution >= 4 is 51.5 Å². The number of carbonyl (C=O) groups excluding carboxylic acids is 1. The maximum atomic E-state index is 12.0. The molecule has 0 spiro atoms. The van der Waals surface area contributed by atoms with Crippen LogP contribution in [0.25, 0.3) is 10.8 Å².